The maximum absolute atomic E-state index is 10.2. The Bertz CT molecular complexity index is 10.8. The Morgan fingerprint density at radius 3 is 1.50 bits per heavy atom. The molecule has 0 aromatic rings. The molecule has 0 rings (SSSR count). The summed E-state index contributed by atoms with van der Waals surface area (Å²) in [6, 6.07) is 0. The third-order valence-electron chi connectivity index (χ3n) is 0. The first-order valence-corrected chi connectivity index (χ1v) is 2.54. The molecular weight excluding hydrogens is 106 g/mol. The molecule has 0 saturated carbocycles. The van der Waals surface area contributed by atoms with Crippen LogP contribution in [0.5, 0.6) is 0 Å². The van der Waals surface area contributed by atoms with Crippen LogP contribution in [0.2, 0.25) is 0 Å². The monoisotopic (exact) mass is 106 g/mol. The van der Waals surface area contributed by atoms with Crippen molar-refractivity contribution < 1.29 is 7.77 Å². The largest absolute Gasteiger partial charge is 0.145 e. The lowest BCUT2D eigenvalue weighted by Crippen LogP contribution is -1.16. The molecule has 0 bridgehead atoms. The van der Waals surface area contributed by atoms with E-state index in [4.69, 9.17) is 0 Å². The molecule has 0 spiro atoms. The van der Waals surface area contributed by atoms with Crippen LogP contribution in [-0.4, -0.2) is 0 Å². The number of hydrogen-bond donors (Lipinski definition) is 1. The van der Waals surface area contributed by atoms with Crippen molar-refractivity contribution in [3.63, 3.8) is 0 Å². The maximum atomic E-state index is 10.2. The summed E-state index contributed by atoms with van der Waals surface area (Å²) in [5.74, 6) is 0. The van der Waals surface area contributed by atoms with Crippen molar-refractivity contribution in [2.24, 2.45) is 0 Å². The van der Waals surface area contributed by atoms with Crippen molar-refractivity contribution in [3.05, 3.63) is 0 Å². The standard InChI is InChI=1S/ClF2HS/c1-4(2)3/h4H. The fourth-order valence-corrected chi connectivity index (χ4v) is 0. The van der Waals surface area contributed by atoms with Gasteiger partial charge in [0, 0.05) is 0 Å². The molecular formula is HClF2S. The van der Waals surface area contributed by atoms with Gasteiger partial charge < -0.3 is 0 Å². The molecule has 0 fully saturated rings. The summed E-state index contributed by atoms with van der Waals surface area (Å²) in [5.41, 5.74) is 0. The molecule has 0 radical (unpaired) electrons. The summed E-state index contributed by atoms with van der Waals surface area (Å²) in [4.78, 5) is 0. The van der Waals surface area contributed by atoms with Crippen molar-refractivity contribution in [1.29, 1.82) is 0 Å². The minimum atomic E-state index is -3.15. The highest BCUT2D eigenvalue weighted by molar-refractivity contribution is 8.28. The molecule has 28 valence electrons. The zero-order valence-corrected chi connectivity index (χ0v) is 3.23. The van der Waals surface area contributed by atoms with Gasteiger partial charge in [0.05, 0.1) is 0 Å². The van der Waals surface area contributed by atoms with Crippen molar-refractivity contribution in [2.75, 3.05) is 0 Å². The zero-order chi connectivity index (χ0) is 3.58. The average molecular weight is 107 g/mol. The van der Waals surface area contributed by atoms with Gasteiger partial charge in [0.2, 0.25) is 0 Å². The molecule has 4 heavy (non-hydrogen) atoms. The van der Waals surface area contributed by atoms with Gasteiger partial charge in [-0.2, -0.15) is 0 Å². The molecule has 0 amide bonds. The van der Waals surface area contributed by atoms with Gasteiger partial charge >= 0.3 is 0 Å². The SMILES string of the molecule is F[SH](F)Cl. The van der Waals surface area contributed by atoms with E-state index in [9.17, 15) is 7.77 Å². The second kappa shape index (κ2) is 1.79. The van der Waals surface area contributed by atoms with E-state index in [1.807, 2.05) is 0 Å². The van der Waals surface area contributed by atoms with E-state index in [-0.39, 0.29) is 0 Å². The molecule has 0 nitrogen and oxygen atoms in total. The van der Waals surface area contributed by atoms with Gasteiger partial charge in [-0.1, -0.05) is 0 Å². The summed E-state index contributed by atoms with van der Waals surface area (Å²) in [6.45, 7) is 0. The predicted molar refractivity (Wildman–Crippen MR) is 17.1 cm³/mol. The molecule has 0 aliphatic heterocycles. The fourth-order valence-electron chi connectivity index (χ4n) is 0. The first kappa shape index (κ1) is 4.50. The van der Waals surface area contributed by atoms with E-state index >= 15 is 0 Å². The number of thiol groups is 1. The highest BCUT2D eigenvalue weighted by atomic mass is 35.7. The minimum Gasteiger partial charge on any atom is -0.145 e. The maximum Gasteiger partial charge on any atom is 0.128 e. The summed E-state index contributed by atoms with van der Waals surface area (Å²) < 4.78 is 20.3. The second-order valence-electron chi connectivity index (χ2n) is 0.192. The summed E-state index contributed by atoms with van der Waals surface area (Å²) in [5, 5.41) is 0. The van der Waals surface area contributed by atoms with Crippen LogP contribution in [0, 0.1) is 0 Å². The van der Waals surface area contributed by atoms with Gasteiger partial charge in [-0.05, 0) is 10.7 Å². The molecule has 0 aromatic carbocycles. The molecule has 0 heterocycles. The average Bonchev–Trinajstić information content (AvgIpc) is 0.811. The van der Waals surface area contributed by atoms with Gasteiger partial charge in [-0.15, -0.1) is 7.77 Å². The van der Waals surface area contributed by atoms with Gasteiger partial charge in [0.25, 0.3) is 0 Å². The molecule has 0 unspecified atom stereocenters. The molecule has 0 aromatic heterocycles. The Labute approximate surface area is 30.2 Å². The van der Waals surface area contributed by atoms with E-state index in [2.05, 4.69) is 10.7 Å². The van der Waals surface area contributed by atoms with Crippen molar-refractivity contribution >= 4 is 21.6 Å². The van der Waals surface area contributed by atoms with E-state index in [0.717, 1.165) is 0 Å². The van der Waals surface area contributed by atoms with E-state index in [1.165, 1.54) is 0 Å². The van der Waals surface area contributed by atoms with Crippen LogP contribution in [0.4, 0.5) is 7.77 Å². The van der Waals surface area contributed by atoms with E-state index in [1.54, 1.807) is 0 Å². The van der Waals surface area contributed by atoms with Crippen LogP contribution in [0.25, 0.3) is 0 Å². The van der Waals surface area contributed by atoms with Crippen molar-refractivity contribution in [1.82, 2.24) is 0 Å². The van der Waals surface area contributed by atoms with Crippen LogP contribution >= 0.6 is 21.6 Å². The predicted octanol–water partition coefficient (Wildman–Crippen LogP) is 1.91. The Morgan fingerprint density at radius 1 is 1.50 bits per heavy atom. The van der Waals surface area contributed by atoms with Crippen LogP contribution in [0.15, 0.2) is 0 Å². The molecule has 4 heteroatoms. The summed E-state index contributed by atoms with van der Waals surface area (Å²) in [7, 11) is 0.858. The normalized spacial score (nSPS) is 11.2. The topological polar surface area (TPSA) is 0 Å². The third kappa shape index (κ3) is 22.5. The van der Waals surface area contributed by atoms with Crippen LogP contribution < -0.4 is 0 Å². The highest BCUT2D eigenvalue weighted by Crippen LogP contribution is 2.32. The van der Waals surface area contributed by atoms with Gasteiger partial charge in [0.15, 0.2) is 0 Å². The molecule has 0 aliphatic rings. The first-order chi connectivity index (χ1) is 1.73. The van der Waals surface area contributed by atoms with E-state index < -0.39 is 10.9 Å². The van der Waals surface area contributed by atoms with Crippen LogP contribution in [0.3, 0.4) is 0 Å². The zero-order valence-electron chi connectivity index (χ0n) is 1.58. The summed E-state index contributed by atoms with van der Waals surface area (Å²) in [6.07, 6.45) is 0. The van der Waals surface area contributed by atoms with Gasteiger partial charge in [0.1, 0.15) is 10.9 Å². The first-order valence-electron chi connectivity index (χ1n) is 0.507. The van der Waals surface area contributed by atoms with Crippen LogP contribution in [-0.2, 0) is 0 Å². The lowest BCUT2D eigenvalue weighted by Gasteiger charge is -1.72. The molecule has 0 N–H and O–H groups in total. The fraction of sp³-hybridized carbons (Fsp3) is 0. The number of rotatable bonds is 0. The van der Waals surface area contributed by atoms with Crippen LogP contribution in [0.1, 0.15) is 0 Å². The Kier molecular flexibility index (Phi) is 2.01. The van der Waals surface area contributed by atoms with Crippen molar-refractivity contribution in [2.45, 2.75) is 0 Å². The Hall–Kier alpha value is 0.500. The second-order valence-corrected chi connectivity index (χ2v) is 1.34. The molecule has 0 saturated heterocycles. The minimum absolute atomic E-state index is 3.15. The number of halogens is 3. The lowest BCUT2D eigenvalue weighted by molar-refractivity contribution is 0.806. The van der Waals surface area contributed by atoms with Crippen molar-refractivity contribution in [3.8, 4) is 0 Å². The molecule has 0 atom stereocenters. The number of hydrogen-bond acceptors (Lipinski definition) is 0. The third-order valence-corrected chi connectivity index (χ3v) is 0. The lowest BCUT2D eigenvalue weighted by atomic mass is 18.8. The Morgan fingerprint density at radius 2 is 1.50 bits per heavy atom. The molecule has 0 aliphatic carbocycles. The van der Waals surface area contributed by atoms with Gasteiger partial charge in [-0.25, -0.2) is 0 Å². The highest BCUT2D eigenvalue weighted by Gasteiger charge is 1.75. The Balaban J connectivity index is 2.32. The smallest absolute Gasteiger partial charge is 0.128 e. The quantitative estimate of drug-likeness (QED) is 0.448. The van der Waals surface area contributed by atoms with Gasteiger partial charge in [-0.3, -0.25) is 0 Å². The summed E-state index contributed by atoms with van der Waals surface area (Å²) >= 11 is 0. The van der Waals surface area contributed by atoms with E-state index in [0.29, 0.717) is 0 Å².